The van der Waals surface area contributed by atoms with Crippen LogP contribution in [0.5, 0.6) is 0 Å². The SMILES string of the molecule is CC1COCCC1N1CCCC(=[N+]2C=C(c3cnc(-c4cccc(-c5cnn(C)c5)c4)nc3)C=N2)C1. The van der Waals surface area contributed by atoms with Crippen LogP contribution in [-0.2, 0) is 11.8 Å². The number of hydrogen-bond acceptors (Lipinski definition) is 6. The van der Waals surface area contributed by atoms with Crippen LogP contribution in [0, 0.1) is 5.92 Å². The summed E-state index contributed by atoms with van der Waals surface area (Å²) in [6.45, 7) is 6.17. The van der Waals surface area contributed by atoms with Crippen molar-refractivity contribution in [1.82, 2.24) is 24.6 Å². The summed E-state index contributed by atoms with van der Waals surface area (Å²) < 4.78 is 9.54. The second-order valence-corrected chi connectivity index (χ2v) is 10.0. The molecule has 2 atom stereocenters. The zero-order valence-corrected chi connectivity index (χ0v) is 20.9. The Hall–Kier alpha value is -3.49. The van der Waals surface area contributed by atoms with Gasteiger partial charge in [-0.2, -0.15) is 5.10 Å². The Balaban J connectivity index is 1.19. The van der Waals surface area contributed by atoms with Gasteiger partial charge >= 0.3 is 0 Å². The average molecular weight is 483 g/mol. The number of hydrazone groups is 1. The maximum absolute atomic E-state index is 5.66. The molecule has 0 bridgehead atoms. The number of allylic oxidation sites excluding steroid dienone is 1. The van der Waals surface area contributed by atoms with Gasteiger partial charge in [0.1, 0.15) is 6.21 Å². The second-order valence-electron chi connectivity index (χ2n) is 10.0. The summed E-state index contributed by atoms with van der Waals surface area (Å²) in [6.07, 6.45) is 15.1. The van der Waals surface area contributed by atoms with Crippen molar-refractivity contribution < 1.29 is 9.42 Å². The normalized spacial score (nSPS) is 24.8. The molecule has 36 heavy (non-hydrogen) atoms. The van der Waals surface area contributed by atoms with Crippen LogP contribution in [0.3, 0.4) is 0 Å². The molecule has 3 aromatic rings. The van der Waals surface area contributed by atoms with Crippen LogP contribution in [-0.4, -0.2) is 73.6 Å². The lowest BCUT2D eigenvalue weighted by Gasteiger charge is -2.39. The van der Waals surface area contributed by atoms with Gasteiger partial charge in [-0.15, -0.1) is 0 Å². The van der Waals surface area contributed by atoms with Gasteiger partial charge in [-0.05, 0) is 42.0 Å². The minimum absolute atomic E-state index is 0.576. The molecule has 5 heterocycles. The Labute approximate surface area is 211 Å². The monoisotopic (exact) mass is 482 g/mol. The van der Waals surface area contributed by atoms with Crippen LogP contribution >= 0.6 is 0 Å². The van der Waals surface area contributed by atoms with Crippen LogP contribution in [0.15, 0.2) is 60.4 Å². The van der Waals surface area contributed by atoms with Crippen molar-refractivity contribution in [2.75, 3.05) is 26.3 Å². The fourth-order valence-corrected chi connectivity index (χ4v) is 5.44. The van der Waals surface area contributed by atoms with Crippen LogP contribution in [0.2, 0.25) is 0 Å². The molecule has 0 radical (unpaired) electrons. The molecule has 184 valence electrons. The van der Waals surface area contributed by atoms with Gasteiger partial charge in [0.15, 0.2) is 5.82 Å². The number of likely N-dealkylation sites (tertiary alicyclic amines) is 1. The minimum atomic E-state index is 0.576. The maximum Gasteiger partial charge on any atom is 0.212 e. The first-order valence-electron chi connectivity index (χ1n) is 12.8. The molecule has 2 unspecified atom stereocenters. The quantitative estimate of drug-likeness (QED) is 0.528. The standard InChI is InChI=1S/C28H32N7O/c1-20-19-36-10-8-27(20)34-9-4-7-26(18-34)35-17-25(15-32-35)23-12-29-28(30-13-23)22-6-3-5-21(11-22)24-14-31-33(2)16-24/h3,5-6,11-17,20,27H,4,7-10,18-19H2,1-2H3/q+1. The number of aryl methyl sites for hydroxylation is 1. The van der Waals surface area contributed by atoms with Crippen molar-refractivity contribution in [2.45, 2.75) is 32.2 Å². The molecule has 6 rings (SSSR count). The van der Waals surface area contributed by atoms with E-state index in [-0.39, 0.29) is 0 Å². The molecule has 2 aromatic heterocycles. The number of aromatic nitrogens is 4. The first kappa shape index (κ1) is 22.9. The smallest absolute Gasteiger partial charge is 0.212 e. The van der Waals surface area contributed by atoms with E-state index in [0.717, 1.165) is 67.0 Å². The summed E-state index contributed by atoms with van der Waals surface area (Å²) in [5.41, 5.74) is 6.53. The number of nitrogens with zero attached hydrogens (tertiary/aromatic N) is 7. The topological polar surface area (TPSA) is 71.4 Å². The highest BCUT2D eigenvalue weighted by Crippen LogP contribution is 2.26. The van der Waals surface area contributed by atoms with Gasteiger partial charge in [-0.25, -0.2) is 9.97 Å². The van der Waals surface area contributed by atoms with Gasteiger partial charge < -0.3 is 4.74 Å². The average Bonchev–Trinajstić information content (AvgIpc) is 3.59. The van der Waals surface area contributed by atoms with Gasteiger partial charge in [0.2, 0.25) is 11.9 Å². The molecule has 2 saturated heterocycles. The molecular weight excluding hydrogens is 450 g/mol. The number of benzene rings is 1. The van der Waals surface area contributed by atoms with E-state index >= 15 is 0 Å². The summed E-state index contributed by atoms with van der Waals surface area (Å²) in [4.78, 5) is 12.0. The molecule has 0 saturated carbocycles. The van der Waals surface area contributed by atoms with Crippen LogP contribution in [0.1, 0.15) is 31.7 Å². The third-order valence-electron chi connectivity index (χ3n) is 7.41. The number of rotatable bonds is 4. The van der Waals surface area contributed by atoms with Crippen molar-refractivity contribution in [1.29, 1.82) is 0 Å². The Morgan fingerprint density at radius 1 is 1.06 bits per heavy atom. The van der Waals surface area contributed by atoms with Crippen molar-refractivity contribution in [3.8, 4) is 22.5 Å². The van der Waals surface area contributed by atoms with Crippen LogP contribution in [0.25, 0.3) is 28.1 Å². The van der Waals surface area contributed by atoms with Gasteiger partial charge in [0.05, 0.1) is 24.9 Å². The van der Waals surface area contributed by atoms with E-state index in [9.17, 15) is 0 Å². The molecule has 0 aliphatic carbocycles. The second kappa shape index (κ2) is 9.87. The molecule has 8 nitrogen and oxygen atoms in total. The summed E-state index contributed by atoms with van der Waals surface area (Å²) >= 11 is 0. The molecule has 3 aliphatic rings. The lowest BCUT2D eigenvalue weighted by atomic mass is 9.93. The van der Waals surface area contributed by atoms with Gasteiger partial charge in [0.25, 0.3) is 0 Å². The van der Waals surface area contributed by atoms with E-state index in [2.05, 4.69) is 49.9 Å². The van der Waals surface area contributed by atoms with Crippen molar-refractivity contribution in [3.05, 3.63) is 60.8 Å². The summed E-state index contributed by atoms with van der Waals surface area (Å²) in [6, 6.07) is 8.86. The zero-order chi connectivity index (χ0) is 24.5. The largest absolute Gasteiger partial charge is 0.381 e. The Morgan fingerprint density at radius 2 is 1.92 bits per heavy atom. The summed E-state index contributed by atoms with van der Waals surface area (Å²) in [7, 11) is 1.92. The van der Waals surface area contributed by atoms with Gasteiger partial charge in [-0.1, -0.05) is 29.8 Å². The number of ether oxygens (including phenoxy) is 1. The molecule has 0 spiro atoms. The summed E-state index contributed by atoms with van der Waals surface area (Å²) in [5, 5.41) is 8.98. The fourth-order valence-electron chi connectivity index (χ4n) is 5.44. The Morgan fingerprint density at radius 3 is 2.72 bits per heavy atom. The van der Waals surface area contributed by atoms with Crippen molar-refractivity contribution in [2.24, 2.45) is 18.1 Å². The maximum atomic E-state index is 5.66. The van der Waals surface area contributed by atoms with Crippen molar-refractivity contribution >= 4 is 17.5 Å². The third kappa shape index (κ3) is 4.66. The van der Waals surface area contributed by atoms with E-state index in [1.807, 2.05) is 54.9 Å². The highest BCUT2D eigenvalue weighted by Gasteiger charge is 2.33. The number of piperidine rings is 1. The summed E-state index contributed by atoms with van der Waals surface area (Å²) in [5.74, 6) is 1.28. The van der Waals surface area contributed by atoms with Crippen LogP contribution < -0.4 is 0 Å². The predicted molar refractivity (Wildman–Crippen MR) is 141 cm³/mol. The highest BCUT2D eigenvalue weighted by atomic mass is 16.5. The fraction of sp³-hybridized carbons (Fsp3) is 0.393. The lowest BCUT2D eigenvalue weighted by molar-refractivity contribution is -0.460. The Kier molecular flexibility index (Phi) is 6.29. The van der Waals surface area contributed by atoms with E-state index in [1.54, 1.807) is 0 Å². The zero-order valence-electron chi connectivity index (χ0n) is 20.9. The molecule has 2 fully saturated rings. The highest BCUT2D eigenvalue weighted by molar-refractivity contribution is 6.10. The van der Waals surface area contributed by atoms with Crippen molar-refractivity contribution in [3.63, 3.8) is 0 Å². The van der Waals surface area contributed by atoms with Crippen LogP contribution in [0.4, 0.5) is 0 Å². The van der Waals surface area contributed by atoms with E-state index in [4.69, 9.17) is 9.84 Å². The molecule has 3 aliphatic heterocycles. The predicted octanol–water partition coefficient (Wildman–Crippen LogP) is 3.86. The molecular formula is C28H32N7O+. The Bertz CT molecular complexity index is 1340. The first-order chi connectivity index (χ1) is 17.6. The third-order valence-corrected chi connectivity index (χ3v) is 7.41. The number of hydrogen-bond donors (Lipinski definition) is 0. The van der Waals surface area contributed by atoms with E-state index < -0.39 is 0 Å². The first-order valence-corrected chi connectivity index (χ1v) is 12.8. The van der Waals surface area contributed by atoms with Gasteiger partial charge in [-0.3, -0.25) is 9.58 Å². The minimum Gasteiger partial charge on any atom is -0.381 e. The van der Waals surface area contributed by atoms with E-state index in [0.29, 0.717) is 17.8 Å². The van der Waals surface area contributed by atoms with Gasteiger partial charge in [0, 0.05) is 61.4 Å². The van der Waals surface area contributed by atoms with E-state index in [1.165, 1.54) is 12.1 Å². The molecule has 0 amide bonds. The molecule has 1 aromatic carbocycles. The molecule has 8 heteroatoms. The molecule has 0 N–H and O–H groups in total. The lowest BCUT2D eigenvalue weighted by Crippen LogP contribution is -2.50.